The van der Waals surface area contributed by atoms with Gasteiger partial charge in [-0.05, 0) is 68.6 Å². The molecule has 58 heavy (non-hydrogen) atoms. The van der Waals surface area contributed by atoms with Gasteiger partial charge >= 0.3 is 5.97 Å². The second kappa shape index (κ2) is 21.4. The first-order valence-corrected chi connectivity index (χ1v) is 20.5. The topological polar surface area (TPSA) is 227 Å². The van der Waals surface area contributed by atoms with E-state index in [1.165, 1.54) is 37.8 Å². The van der Waals surface area contributed by atoms with Gasteiger partial charge in [-0.2, -0.15) is 0 Å². The number of carbonyl (C=O) groups is 7. The Balaban J connectivity index is 2.11. The van der Waals surface area contributed by atoms with Gasteiger partial charge in [0.25, 0.3) is 0 Å². The standard InChI is InChI=1S/C42H66N6O10/c1-11-24(6)36-32(49)21-33(50)45-35(23(4)5)37(51)25(7)38(52)44-29(19-22(2)3)40(54)48-18-12-13-30(48)41(55)47(9)31(20-27-14-16-28(57-10)17-15-27)42(56)58-26(8)34(43)39(53)46-36/h14-17,22-26,29-32,34-36,49H,11-13,18-21,43H2,1-10H3,(H,44,52)(H,45,50)(H,46,53)/t24-,25-,26+,29-,30?,31-,32-,34-,35-,36+/m0/s1. The first kappa shape index (κ1) is 47.8. The van der Waals surface area contributed by atoms with E-state index in [0.29, 0.717) is 30.6 Å². The van der Waals surface area contributed by atoms with Crippen molar-refractivity contribution in [3.8, 4) is 5.75 Å². The number of ketones is 1. The molecule has 0 aliphatic carbocycles. The molecule has 2 aliphatic rings. The highest BCUT2D eigenvalue weighted by atomic mass is 16.5. The average Bonchev–Trinajstić information content (AvgIpc) is 3.68. The number of cyclic esters (lactones) is 1. The van der Waals surface area contributed by atoms with Gasteiger partial charge in [-0.1, -0.05) is 60.1 Å². The number of hydrogen-bond acceptors (Lipinski definition) is 11. The number of rotatable bonds is 8. The maximum atomic E-state index is 14.4. The van der Waals surface area contributed by atoms with Crippen LogP contribution in [0.4, 0.5) is 0 Å². The van der Waals surface area contributed by atoms with E-state index < -0.39 is 108 Å². The lowest BCUT2D eigenvalue weighted by Crippen LogP contribution is -2.58. The minimum absolute atomic E-state index is 0.0134. The van der Waals surface area contributed by atoms with Gasteiger partial charge in [-0.25, -0.2) is 4.79 Å². The summed E-state index contributed by atoms with van der Waals surface area (Å²) < 4.78 is 11.1. The van der Waals surface area contributed by atoms with E-state index in [1.54, 1.807) is 45.0 Å². The lowest BCUT2D eigenvalue weighted by molar-refractivity contribution is -0.161. The van der Waals surface area contributed by atoms with Crippen LogP contribution in [0.2, 0.25) is 0 Å². The van der Waals surface area contributed by atoms with Gasteiger partial charge in [0.2, 0.25) is 29.5 Å². The summed E-state index contributed by atoms with van der Waals surface area (Å²) in [4.78, 5) is 100.0. The monoisotopic (exact) mass is 814 g/mol. The largest absolute Gasteiger partial charge is 0.497 e. The molecule has 6 N–H and O–H groups in total. The summed E-state index contributed by atoms with van der Waals surface area (Å²) in [7, 11) is 2.98. The lowest BCUT2D eigenvalue weighted by atomic mass is 9.89. The number of amides is 5. The molecular weight excluding hydrogens is 748 g/mol. The number of ether oxygens (including phenoxy) is 2. The molecule has 10 atom stereocenters. The molecule has 2 saturated heterocycles. The van der Waals surface area contributed by atoms with Gasteiger partial charge < -0.3 is 46.1 Å². The summed E-state index contributed by atoms with van der Waals surface area (Å²) in [6.45, 7) is 13.9. The van der Waals surface area contributed by atoms with Gasteiger partial charge in [0.05, 0.1) is 37.6 Å². The summed E-state index contributed by atoms with van der Waals surface area (Å²) in [5.41, 5.74) is 7.03. The number of likely N-dealkylation sites (N-methyl/N-ethyl adjacent to an activating group) is 1. The Hall–Kier alpha value is -4.57. The Morgan fingerprint density at radius 1 is 0.931 bits per heavy atom. The Morgan fingerprint density at radius 2 is 1.57 bits per heavy atom. The number of esters is 1. The number of aliphatic hydroxyl groups is 1. The summed E-state index contributed by atoms with van der Waals surface area (Å²) in [5, 5.41) is 19.5. The van der Waals surface area contributed by atoms with E-state index in [0.717, 1.165) is 0 Å². The number of fused-ring (bicyclic) bond motifs is 1. The van der Waals surface area contributed by atoms with Crippen LogP contribution < -0.4 is 26.4 Å². The average molecular weight is 815 g/mol. The number of methoxy groups -OCH3 is 1. The maximum absolute atomic E-state index is 14.4. The zero-order valence-corrected chi connectivity index (χ0v) is 35.8. The number of hydrogen-bond donors (Lipinski definition) is 5. The molecule has 0 saturated carbocycles. The van der Waals surface area contributed by atoms with Crippen LogP contribution in [-0.2, 0) is 44.7 Å². The predicted octanol–water partition coefficient (Wildman–Crippen LogP) is 1.49. The van der Waals surface area contributed by atoms with Gasteiger partial charge in [-0.15, -0.1) is 0 Å². The molecule has 3 rings (SSSR count). The van der Waals surface area contributed by atoms with Crippen molar-refractivity contribution in [2.24, 2.45) is 29.4 Å². The van der Waals surface area contributed by atoms with Crippen LogP contribution in [0.3, 0.4) is 0 Å². The van der Waals surface area contributed by atoms with Crippen molar-refractivity contribution in [3.63, 3.8) is 0 Å². The molecule has 0 aromatic heterocycles. The molecule has 1 unspecified atom stereocenters. The Labute approximate surface area is 342 Å². The van der Waals surface area contributed by atoms with Crippen LogP contribution in [0.1, 0.15) is 93.1 Å². The second-order valence-electron chi connectivity index (χ2n) is 16.7. The van der Waals surface area contributed by atoms with E-state index >= 15 is 0 Å². The fourth-order valence-corrected chi connectivity index (χ4v) is 7.42. The predicted molar refractivity (Wildman–Crippen MR) is 216 cm³/mol. The molecular formula is C42H66N6O10. The van der Waals surface area contributed by atoms with Crippen molar-refractivity contribution in [1.82, 2.24) is 25.8 Å². The third kappa shape index (κ3) is 12.2. The molecule has 16 heteroatoms. The molecule has 16 nitrogen and oxygen atoms in total. The minimum Gasteiger partial charge on any atom is -0.497 e. The Bertz CT molecular complexity index is 1620. The smallest absolute Gasteiger partial charge is 0.329 e. The normalized spacial score (nSPS) is 29.8. The molecule has 0 spiro atoms. The Kier molecular flexibility index (Phi) is 17.7. The highest BCUT2D eigenvalue weighted by Crippen LogP contribution is 2.25. The first-order valence-electron chi connectivity index (χ1n) is 20.5. The van der Waals surface area contributed by atoms with Gasteiger partial charge in [0.1, 0.15) is 36.0 Å². The van der Waals surface area contributed by atoms with Crippen molar-refractivity contribution < 1.29 is 48.1 Å². The van der Waals surface area contributed by atoms with Crippen molar-refractivity contribution in [2.75, 3.05) is 20.7 Å². The Morgan fingerprint density at radius 3 is 2.14 bits per heavy atom. The number of nitrogens with one attached hydrogen (secondary N) is 3. The van der Waals surface area contributed by atoms with E-state index in [4.69, 9.17) is 15.2 Å². The van der Waals surface area contributed by atoms with Crippen LogP contribution in [0, 0.1) is 23.7 Å². The highest BCUT2D eigenvalue weighted by Gasteiger charge is 2.43. The lowest BCUT2D eigenvalue weighted by Gasteiger charge is -2.35. The van der Waals surface area contributed by atoms with Gasteiger partial charge in [0, 0.05) is 20.0 Å². The number of nitrogens with zero attached hydrogens (tertiary/aromatic N) is 2. The summed E-state index contributed by atoms with van der Waals surface area (Å²) in [5.74, 6) is -6.10. The highest BCUT2D eigenvalue weighted by molar-refractivity contribution is 6.06. The number of aliphatic hydroxyl groups excluding tert-OH is 1. The number of nitrogens with two attached hydrogens (primary N) is 1. The van der Waals surface area contributed by atoms with Crippen LogP contribution in [0.15, 0.2) is 24.3 Å². The van der Waals surface area contributed by atoms with Gasteiger partial charge in [-0.3, -0.25) is 28.8 Å². The third-order valence-corrected chi connectivity index (χ3v) is 11.4. The summed E-state index contributed by atoms with van der Waals surface area (Å²) >= 11 is 0. The van der Waals surface area contributed by atoms with E-state index in [1.807, 2.05) is 20.8 Å². The molecule has 1 aromatic rings. The molecule has 324 valence electrons. The molecule has 2 fully saturated rings. The third-order valence-electron chi connectivity index (χ3n) is 11.4. The summed E-state index contributed by atoms with van der Waals surface area (Å²) in [6, 6.07) is 0.210. The SMILES string of the molecule is CC[C@H](C)[C@H]1NC(=O)[C@@H](N)[C@@H](C)OC(=O)[C@H](Cc2ccc(OC)cc2)N(C)C(=O)C2CCCN2C(=O)[C@H](CC(C)C)NC(=O)[C@@H](C)C(=O)[C@H](C(C)C)NC(=O)C[C@@H]1O. The van der Waals surface area contributed by atoms with Crippen LogP contribution in [0.5, 0.6) is 5.75 Å². The zero-order valence-electron chi connectivity index (χ0n) is 35.8. The first-order chi connectivity index (χ1) is 27.2. The van der Waals surface area contributed by atoms with Gasteiger partial charge in [0.15, 0.2) is 5.78 Å². The summed E-state index contributed by atoms with van der Waals surface area (Å²) in [6.07, 6.45) is -1.55. The molecule has 5 amide bonds. The fraction of sp³-hybridized carbons (Fsp3) is 0.690. The molecule has 2 heterocycles. The van der Waals surface area contributed by atoms with E-state index in [9.17, 15) is 38.7 Å². The zero-order chi connectivity index (χ0) is 43.6. The van der Waals surface area contributed by atoms with Crippen LogP contribution in [0.25, 0.3) is 0 Å². The molecule has 2 aliphatic heterocycles. The molecule has 0 bridgehead atoms. The molecule has 1 aromatic carbocycles. The van der Waals surface area contributed by atoms with Crippen molar-refractivity contribution in [3.05, 3.63) is 29.8 Å². The van der Waals surface area contributed by atoms with Crippen molar-refractivity contribution in [2.45, 2.75) is 142 Å². The van der Waals surface area contributed by atoms with Crippen LogP contribution in [-0.4, -0.2) is 125 Å². The van der Waals surface area contributed by atoms with Crippen LogP contribution >= 0.6 is 0 Å². The van der Waals surface area contributed by atoms with Crippen molar-refractivity contribution in [1.29, 1.82) is 0 Å². The quantitative estimate of drug-likeness (QED) is 0.187. The van der Waals surface area contributed by atoms with E-state index in [2.05, 4.69) is 16.0 Å². The van der Waals surface area contributed by atoms with E-state index in [-0.39, 0.29) is 31.2 Å². The number of benzene rings is 1. The fourth-order valence-electron chi connectivity index (χ4n) is 7.42. The minimum atomic E-state index is -1.41. The molecule has 0 radical (unpaired) electrons. The van der Waals surface area contributed by atoms with Crippen molar-refractivity contribution >= 4 is 41.3 Å². The number of carbonyl (C=O) groups excluding carboxylic acids is 7. The second-order valence-corrected chi connectivity index (χ2v) is 16.7. The maximum Gasteiger partial charge on any atom is 0.329 e. The number of Topliss-reactive ketones (excluding diaryl/α,β-unsaturated/α-hetero) is 1.